The van der Waals surface area contributed by atoms with Gasteiger partial charge in [-0.2, -0.15) is 0 Å². The molecule has 4 heteroatoms. The van der Waals surface area contributed by atoms with Gasteiger partial charge in [-0.15, -0.1) is 0 Å². The molecule has 1 aromatic carbocycles. The lowest BCUT2D eigenvalue weighted by atomic mass is 10.1. The van der Waals surface area contributed by atoms with E-state index in [2.05, 4.69) is 4.98 Å². The highest BCUT2D eigenvalue weighted by atomic mass is 16.5. The van der Waals surface area contributed by atoms with Crippen LogP contribution >= 0.6 is 0 Å². The molecule has 0 saturated heterocycles. The van der Waals surface area contributed by atoms with Gasteiger partial charge in [-0.25, -0.2) is 4.98 Å². The molecule has 0 radical (unpaired) electrons. The highest BCUT2D eigenvalue weighted by Gasteiger charge is 2.21. The maximum absolute atomic E-state index is 6.08. The van der Waals surface area contributed by atoms with Crippen molar-refractivity contribution in [2.45, 2.75) is 19.4 Å². The largest absolute Gasteiger partial charge is 0.497 e. The molecule has 16 heavy (non-hydrogen) atoms. The van der Waals surface area contributed by atoms with E-state index >= 15 is 0 Å². The molecule has 0 fully saturated rings. The van der Waals surface area contributed by atoms with Gasteiger partial charge in [0.15, 0.2) is 0 Å². The van der Waals surface area contributed by atoms with Gasteiger partial charge in [-0.1, -0.05) is 0 Å². The minimum atomic E-state index is -0.443. The molecule has 0 aliphatic rings. The van der Waals surface area contributed by atoms with Crippen molar-refractivity contribution < 1.29 is 4.74 Å². The summed E-state index contributed by atoms with van der Waals surface area (Å²) in [5.74, 6) is 1.68. The van der Waals surface area contributed by atoms with Crippen molar-refractivity contribution in [3.8, 4) is 5.75 Å². The van der Waals surface area contributed by atoms with Gasteiger partial charge in [0.25, 0.3) is 0 Å². The molecule has 0 aliphatic carbocycles. The van der Waals surface area contributed by atoms with Gasteiger partial charge < -0.3 is 15.0 Å². The van der Waals surface area contributed by atoms with Crippen molar-refractivity contribution in [3.05, 3.63) is 24.0 Å². The van der Waals surface area contributed by atoms with Crippen LogP contribution in [0.2, 0.25) is 0 Å². The number of methoxy groups -OCH3 is 1. The van der Waals surface area contributed by atoms with Gasteiger partial charge in [-0.3, -0.25) is 0 Å². The first-order valence-electron chi connectivity index (χ1n) is 5.23. The van der Waals surface area contributed by atoms with Crippen LogP contribution in [0.3, 0.4) is 0 Å². The number of hydrogen-bond donors (Lipinski definition) is 1. The van der Waals surface area contributed by atoms with E-state index in [0.717, 1.165) is 22.6 Å². The van der Waals surface area contributed by atoms with E-state index in [1.54, 1.807) is 7.11 Å². The molecular weight excluding hydrogens is 202 g/mol. The second kappa shape index (κ2) is 3.49. The second-order valence-corrected chi connectivity index (χ2v) is 4.57. The lowest BCUT2D eigenvalue weighted by molar-refractivity contribution is 0.415. The smallest absolute Gasteiger partial charge is 0.129 e. The standard InChI is InChI=1S/C12H17N3O/c1-12(2,13)11-14-9-7-8(16-4)5-6-10(9)15(11)3/h5-7H,13H2,1-4H3. The van der Waals surface area contributed by atoms with Gasteiger partial charge in [0.1, 0.15) is 11.6 Å². The van der Waals surface area contributed by atoms with Gasteiger partial charge in [0, 0.05) is 13.1 Å². The van der Waals surface area contributed by atoms with Crippen LogP contribution in [0, 0.1) is 0 Å². The fourth-order valence-electron chi connectivity index (χ4n) is 1.88. The summed E-state index contributed by atoms with van der Waals surface area (Å²) in [7, 11) is 3.63. The van der Waals surface area contributed by atoms with E-state index in [-0.39, 0.29) is 0 Å². The minimum absolute atomic E-state index is 0.443. The Morgan fingerprint density at radius 2 is 2.06 bits per heavy atom. The Labute approximate surface area is 95.0 Å². The molecule has 0 spiro atoms. The first-order valence-corrected chi connectivity index (χ1v) is 5.23. The van der Waals surface area contributed by atoms with Crippen LogP contribution < -0.4 is 10.5 Å². The Bertz CT molecular complexity index is 523. The molecule has 1 heterocycles. The van der Waals surface area contributed by atoms with Crippen LogP contribution in [0.25, 0.3) is 11.0 Å². The van der Waals surface area contributed by atoms with E-state index in [4.69, 9.17) is 10.5 Å². The van der Waals surface area contributed by atoms with Crippen molar-refractivity contribution in [2.24, 2.45) is 12.8 Å². The topological polar surface area (TPSA) is 53.1 Å². The van der Waals surface area contributed by atoms with E-state index in [1.807, 2.05) is 43.7 Å². The zero-order chi connectivity index (χ0) is 11.9. The first-order chi connectivity index (χ1) is 7.43. The zero-order valence-corrected chi connectivity index (χ0v) is 10.1. The fraction of sp³-hybridized carbons (Fsp3) is 0.417. The lowest BCUT2D eigenvalue weighted by Crippen LogP contribution is -2.32. The number of imidazole rings is 1. The highest BCUT2D eigenvalue weighted by molar-refractivity contribution is 5.78. The maximum atomic E-state index is 6.08. The van der Waals surface area contributed by atoms with Crippen molar-refractivity contribution in [2.75, 3.05) is 7.11 Å². The Balaban J connectivity index is 2.68. The Kier molecular flexibility index (Phi) is 2.39. The molecule has 0 bridgehead atoms. The second-order valence-electron chi connectivity index (χ2n) is 4.57. The molecule has 0 atom stereocenters. The molecule has 4 nitrogen and oxygen atoms in total. The SMILES string of the molecule is COc1ccc2c(c1)nc(C(C)(C)N)n2C. The van der Waals surface area contributed by atoms with Crippen LogP contribution in [-0.4, -0.2) is 16.7 Å². The van der Waals surface area contributed by atoms with Crippen molar-refractivity contribution in [3.63, 3.8) is 0 Å². The van der Waals surface area contributed by atoms with Crippen LogP contribution in [0.4, 0.5) is 0 Å². The maximum Gasteiger partial charge on any atom is 0.129 e. The van der Waals surface area contributed by atoms with Crippen LogP contribution in [0.1, 0.15) is 19.7 Å². The minimum Gasteiger partial charge on any atom is -0.497 e. The fourth-order valence-corrected chi connectivity index (χ4v) is 1.88. The predicted molar refractivity (Wildman–Crippen MR) is 64.5 cm³/mol. The first kappa shape index (κ1) is 11.0. The number of nitrogens with two attached hydrogens (primary N) is 1. The summed E-state index contributed by atoms with van der Waals surface area (Å²) >= 11 is 0. The highest BCUT2D eigenvalue weighted by Crippen LogP contribution is 2.24. The molecule has 2 aromatic rings. The summed E-state index contributed by atoms with van der Waals surface area (Å²) in [6.07, 6.45) is 0. The van der Waals surface area contributed by atoms with Gasteiger partial charge >= 0.3 is 0 Å². The molecular formula is C12H17N3O. The van der Waals surface area contributed by atoms with Gasteiger partial charge in [0.05, 0.1) is 23.7 Å². The van der Waals surface area contributed by atoms with E-state index in [0.29, 0.717) is 0 Å². The number of benzene rings is 1. The quantitative estimate of drug-likeness (QED) is 0.837. The number of rotatable bonds is 2. The summed E-state index contributed by atoms with van der Waals surface area (Å²) in [6.45, 7) is 3.90. The van der Waals surface area contributed by atoms with Crippen LogP contribution in [-0.2, 0) is 12.6 Å². The number of hydrogen-bond acceptors (Lipinski definition) is 3. The Morgan fingerprint density at radius 3 is 2.62 bits per heavy atom. The monoisotopic (exact) mass is 219 g/mol. The average Bonchev–Trinajstić information content (AvgIpc) is 2.55. The van der Waals surface area contributed by atoms with Crippen molar-refractivity contribution in [1.29, 1.82) is 0 Å². The molecule has 2 rings (SSSR count). The van der Waals surface area contributed by atoms with Gasteiger partial charge in [-0.05, 0) is 26.0 Å². The third-order valence-corrected chi connectivity index (χ3v) is 2.66. The van der Waals surface area contributed by atoms with E-state index < -0.39 is 5.54 Å². The average molecular weight is 219 g/mol. The lowest BCUT2D eigenvalue weighted by Gasteiger charge is -2.17. The zero-order valence-electron chi connectivity index (χ0n) is 10.1. The summed E-state index contributed by atoms with van der Waals surface area (Å²) in [5.41, 5.74) is 7.61. The predicted octanol–water partition coefficient (Wildman–Crippen LogP) is 1.78. The molecule has 0 unspecified atom stereocenters. The Morgan fingerprint density at radius 1 is 1.38 bits per heavy atom. The normalized spacial score (nSPS) is 12.1. The molecule has 0 saturated carbocycles. The number of ether oxygens (including phenoxy) is 1. The number of aryl methyl sites for hydroxylation is 1. The van der Waals surface area contributed by atoms with Crippen molar-refractivity contribution in [1.82, 2.24) is 9.55 Å². The van der Waals surface area contributed by atoms with Crippen LogP contribution in [0.15, 0.2) is 18.2 Å². The van der Waals surface area contributed by atoms with Crippen molar-refractivity contribution >= 4 is 11.0 Å². The third kappa shape index (κ3) is 1.65. The summed E-state index contributed by atoms with van der Waals surface area (Å²) in [4.78, 5) is 4.55. The number of nitrogens with zero attached hydrogens (tertiary/aromatic N) is 2. The van der Waals surface area contributed by atoms with E-state index in [1.165, 1.54) is 0 Å². The van der Waals surface area contributed by atoms with Crippen LogP contribution in [0.5, 0.6) is 5.75 Å². The molecule has 0 aliphatic heterocycles. The molecule has 2 N–H and O–H groups in total. The molecule has 1 aromatic heterocycles. The number of fused-ring (bicyclic) bond motifs is 1. The van der Waals surface area contributed by atoms with E-state index in [9.17, 15) is 0 Å². The molecule has 86 valence electrons. The summed E-state index contributed by atoms with van der Waals surface area (Å²) in [5, 5.41) is 0. The number of aromatic nitrogens is 2. The summed E-state index contributed by atoms with van der Waals surface area (Å²) < 4.78 is 7.20. The Hall–Kier alpha value is -1.55. The third-order valence-electron chi connectivity index (χ3n) is 2.66. The van der Waals surface area contributed by atoms with Gasteiger partial charge in [0.2, 0.25) is 0 Å². The molecule has 0 amide bonds. The summed E-state index contributed by atoms with van der Waals surface area (Å²) in [6, 6.07) is 5.85.